The average molecular weight is 428 g/mol. The van der Waals surface area contributed by atoms with Crippen LogP contribution in [-0.4, -0.2) is 23.2 Å². The third-order valence-corrected chi connectivity index (χ3v) is 5.63. The maximum atomic E-state index is 12.4. The molecule has 0 aliphatic heterocycles. The fourth-order valence-electron chi connectivity index (χ4n) is 2.03. The summed E-state index contributed by atoms with van der Waals surface area (Å²) in [6.07, 6.45) is 4.14. The van der Waals surface area contributed by atoms with Gasteiger partial charge in [-0.2, -0.15) is 5.10 Å². The van der Waals surface area contributed by atoms with E-state index in [4.69, 9.17) is 11.6 Å². The van der Waals surface area contributed by atoms with E-state index in [2.05, 4.69) is 30.7 Å². The van der Waals surface area contributed by atoms with Gasteiger partial charge in [-0.05, 0) is 27.6 Å². The Morgan fingerprint density at radius 2 is 1.96 bits per heavy atom. The first-order valence-electron chi connectivity index (χ1n) is 6.84. The molecule has 1 aromatic carbocycles. The first-order valence-corrected chi connectivity index (χ1v) is 9.50. The number of halogens is 2. The standard InChI is InChI=1S/C15H12BrClN4O2S/c16-14-6-12(7-18-15(14)17)20-24(22,23)13-8-19-21(10-13)9-11-4-2-1-3-5-11/h1-8,10,20H,9H2. The molecule has 2 aromatic heterocycles. The lowest BCUT2D eigenvalue weighted by atomic mass is 10.2. The van der Waals surface area contributed by atoms with E-state index in [0.717, 1.165) is 5.56 Å². The molecule has 0 atom stereocenters. The second-order valence-electron chi connectivity index (χ2n) is 4.96. The van der Waals surface area contributed by atoms with Crippen LogP contribution in [0.5, 0.6) is 0 Å². The van der Waals surface area contributed by atoms with Gasteiger partial charge < -0.3 is 0 Å². The van der Waals surface area contributed by atoms with Gasteiger partial charge in [0.15, 0.2) is 0 Å². The second kappa shape index (κ2) is 6.92. The zero-order valence-corrected chi connectivity index (χ0v) is 15.4. The largest absolute Gasteiger partial charge is 0.278 e. The SMILES string of the molecule is O=S(=O)(Nc1cnc(Cl)c(Br)c1)c1cnn(Cc2ccccc2)c1. The zero-order valence-electron chi connectivity index (χ0n) is 12.2. The van der Waals surface area contributed by atoms with Crippen molar-refractivity contribution in [2.75, 3.05) is 4.72 Å². The number of anilines is 1. The summed E-state index contributed by atoms with van der Waals surface area (Å²) in [6, 6.07) is 11.2. The van der Waals surface area contributed by atoms with Crippen molar-refractivity contribution in [2.45, 2.75) is 11.4 Å². The van der Waals surface area contributed by atoms with Crippen LogP contribution in [0.3, 0.4) is 0 Å². The molecule has 0 radical (unpaired) electrons. The minimum absolute atomic E-state index is 0.0736. The Kier molecular flexibility index (Phi) is 4.88. The van der Waals surface area contributed by atoms with E-state index in [9.17, 15) is 8.42 Å². The maximum absolute atomic E-state index is 12.4. The summed E-state index contributed by atoms with van der Waals surface area (Å²) >= 11 is 9.01. The van der Waals surface area contributed by atoms with Gasteiger partial charge in [0.2, 0.25) is 0 Å². The Morgan fingerprint density at radius 1 is 1.21 bits per heavy atom. The van der Waals surface area contributed by atoms with Crippen molar-refractivity contribution in [3.63, 3.8) is 0 Å². The van der Waals surface area contributed by atoms with Gasteiger partial charge in [0, 0.05) is 6.20 Å². The topological polar surface area (TPSA) is 76.9 Å². The van der Waals surface area contributed by atoms with Crippen molar-refractivity contribution in [1.82, 2.24) is 14.8 Å². The van der Waals surface area contributed by atoms with Gasteiger partial charge in [0.05, 0.1) is 29.1 Å². The van der Waals surface area contributed by atoms with E-state index in [1.165, 1.54) is 18.6 Å². The van der Waals surface area contributed by atoms with Crippen LogP contribution >= 0.6 is 27.5 Å². The highest BCUT2D eigenvalue weighted by molar-refractivity contribution is 9.10. The van der Waals surface area contributed by atoms with Gasteiger partial charge >= 0.3 is 0 Å². The molecule has 0 saturated carbocycles. The molecular weight excluding hydrogens is 416 g/mol. The molecule has 3 aromatic rings. The number of rotatable bonds is 5. The van der Waals surface area contributed by atoms with Crippen molar-refractivity contribution in [3.05, 3.63) is 70.2 Å². The summed E-state index contributed by atoms with van der Waals surface area (Å²) < 4.78 is 29.4. The van der Waals surface area contributed by atoms with Crippen molar-refractivity contribution < 1.29 is 8.42 Å². The summed E-state index contributed by atoms with van der Waals surface area (Å²) in [5, 5.41) is 4.36. The lowest BCUT2D eigenvalue weighted by Crippen LogP contribution is -2.12. The van der Waals surface area contributed by atoms with Crippen LogP contribution in [0.15, 0.2) is 64.4 Å². The number of pyridine rings is 1. The average Bonchev–Trinajstić information content (AvgIpc) is 3.01. The van der Waals surface area contributed by atoms with Crippen LogP contribution in [0.25, 0.3) is 0 Å². The predicted molar refractivity (Wildman–Crippen MR) is 95.5 cm³/mol. The number of hydrogen-bond acceptors (Lipinski definition) is 4. The number of aromatic nitrogens is 3. The fraction of sp³-hybridized carbons (Fsp3) is 0.0667. The molecule has 0 aliphatic carbocycles. The summed E-state index contributed by atoms with van der Waals surface area (Å²) in [4.78, 5) is 3.96. The molecule has 6 nitrogen and oxygen atoms in total. The quantitative estimate of drug-likeness (QED) is 0.632. The number of benzene rings is 1. The molecule has 9 heteroatoms. The molecule has 24 heavy (non-hydrogen) atoms. The van der Waals surface area contributed by atoms with E-state index in [1.54, 1.807) is 10.7 Å². The lowest BCUT2D eigenvalue weighted by molar-refractivity contribution is 0.600. The predicted octanol–water partition coefficient (Wildman–Crippen LogP) is 3.54. The number of hydrogen-bond donors (Lipinski definition) is 1. The molecule has 3 rings (SSSR count). The van der Waals surface area contributed by atoms with Gasteiger partial charge in [-0.15, -0.1) is 0 Å². The van der Waals surface area contributed by atoms with E-state index >= 15 is 0 Å². The maximum Gasteiger partial charge on any atom is 0.265 e. The van der Waals surface area contributed by atoms with Crippen LogP contribution in [0, 0.1) is 0 Å². The van der Waals surface area contributed by atoms with Crippen LogP contribution in [0.1, 0.15) is 5.56 Å². The Morgan fingerprint density at radius 3 is 2.67 bits per heavy atom. The molecule has 0 spiro atoms. The van der Waals surface area contributed by atoms with Crippen LogP contribution in [0.2, 0.25) is 5.15 Å². The summed E-state index contributed by atoms with van der Waals surface area (Å²) in [6.45, 7) is 0.490. The van der Waals surface area contributed by atoms with Gasteiger partial charge in [-0.1, -0.05) is 41.9 Å². The molecule has 2 heterocycles. The monoisotopic (exact) mass is 426 g/mol. The van der Waals surface area contributed by atoms with E-state index in [0.29, 0.717) is 16.7 Å². The molecule has 0 aliphatic rings. The van der Waals surface area contributed by atoms with Gasteiger partial charge in [0.1, 0.15) is 10.0 Å². The normalized spacial score (nSPS) is 11.4. The molecule has 0 amide bonds. The molecular formula is C15H12BrClN4O2S. The Balaban J connectivity index is 1.79. The third kappa shape index (κ3) is 3.95. The first kappa shape index (κ1) is 16.9. The van der Waals surface area contributed by atoms with Crippen LogP contribution < -0.4 is 4.72 Å². The Labute approximate surface area is 152 Å². The second-order valence-corrected chi connectivity index (χ2v) is 7.86. The van der Waals surface area contributed by atoms with E-state index in [1.807, 2.05) is 30.3 Å². The van der Waals surface area contributed by atoms with Crippen LogP contribution in [-0.2, 0) is 16.6 Å². The smallest absolute Gasteiger partial charge is 0.265 e. The number of sulfonamides is 1. The third-order valence-electron chi connectivity index (χ3n) is 3.16. The summed E-state index contributed by atoms with van der Waals surface area (Å²) in [7, 11) is -3.75. The molecule has 0 saturated heterocycles. The molecule has 124 valence electrons. The Bertz CT molecular complexity index is 961. The fourth-order valence-corrected chi connectivity index (χ4v) is 3.47. The number of nitrogens with one attached hydrogen (secondary N) is 1. The van der Waals surface area contributed by atoms with E-state index < -0.39 is 10.0 Å². The summed E-state index contributed by atoms with van der Waals surface area (Å²) in [5.41, 5.74) is 1.34. The first-order chi connectivity index (χ1) is 11.4. The minimum Gasteiger partial charge on any atom is -0.278 e. The highest BCUT2D eigenvalue weighted by atomic mass is 79.9. The summed E-state index contributed by atoms with van der Waals surface area (Å²) in [5.74, 6) is 0. The Hall–Kier alpha value is -1.90. The van der Waals surface area contributed by atoms with E-state index in [-0.39, 0.29) is 10.0 Å². The molecule has 0 bridgehead atoms. The molecule has 0 fully saturated rings. The molecule has 0 unspecified atom stereocenters. The van der Waals surface area contributed by atoms with Crippen molar-refractivity contribution in [3.8, 4) is 0 Å². The highest BCUT2D eigenvalue weighted by Crippen LogP contribution is 2.24. The van der Waals surface area contributed by atoms with Crippen LogP contribution in [0.4, 0.5) is 5.69 Å². The minimum atomic E-state index is -3.75. The highest BCUT2D eigenvalue weighted by Gasteiger charge is 2.17. The van der Waals surface area contributed by atoms with Gasteiger partial charge in [0.25, 0.3) is 10.0 Å². The van der Waals surface area contributed by atoms with Crippen molar-refractivity contribution in [2.24, 2.45) is 0 Å². The lowest BCUT2D eigenvalue weighted by Gasteiger charge is -2.06. The number of nitrogens with zero attached hydrogens (tertiary/aromatic N) is 3. The van der Waals surface area contributed by atoms with Crippen molar-refractivity contribution >= 4 is 43.2 Å². The van der Waals surface area contributed by atoms with Gasteiger partial charge in [-0.25, -0.2) is 13.4 Å². The zero-order chi connectivity index (χ0) is 17.2. The molecule has 1 N–H and O–H groups in total. The van der Waals surface area contributed by atoms with Gasteiger partial charge in [-0.3, -0.25) is 9.40 Å². The van der Waals surface area contributed by atoms with Crippen molar-refractivity contribution in [1.29, 1.82) is 0 Å².